The van der Waals surface area contributed by atoms with Crippen molar-refractivity contribution >= 4 is 17.4 Å². The first-order chi connectivity index (χ1) is 18.9. The maximum Gasteiger partial charge on any atom is 0.325 e. The Morgan fingerprint density at radius 3 is 2.73 bits per heavy atom. The maximum atomic E-state index is 13.5. The number of hydrogen-bond acceptors (Lipinski definition) is 9. The molecule has 0 saturated heterocycles. The van der Waals surface area contributed by atoms with Gasteiger partial charge in [-0.2, -0.15) is 10.4 Å². The molecule has 0 aliphatic heterocycles. The molecule has 40 heavy (non-hydrogen) atoms. The number of nitriles is 1. The molecule has 3 aliphatic carbocycles. The quantitative estimate of drug-likeness (QED) is 0.210. The number of Topliss-reactive ketones (excluding diaryl/α,β-unsaturated/α-hetero) is 1. The van der Waals surface area contributed by atoms with Crippen LogP contribution in [0, 0.1) is 50.9 Å². The normalized spacial score (nSPS) is 37.4. The highest BCUT2D eigenvalue weighted by atomic mass is 16.5. The first-order valence-corrected chi connectivity index (χ1v) is 14.0. The van der Waals surface area contributed by atoms with Gasteiger partial charge in [0, 0.05) is 34.9 Å². The number of phenols is 1. The highest BCUT2D eigenvalue weighted by Gasteiger charge is 2.68. The van der Waals surface area contributed by atoms with Crippen LogP contribution in [0.4, 0.5) is 0 Å². The molecule has 1 aromatic carbocycles. The first kappa shape index (κ1) is 29.5. The fourth-order valence-electron chi connectivity index (χ4n) is 7.91. The summed E-state index contributed by atoms with van der Waals surface area (Å²) in [5.74, 6) is -0.800. The molecule has 0 radical (unpaired) electrons. The minimum Gasteiger partial charge on any atom is -0.507 e. The summed E-state index contributed by atoms with van der Waals surface area (Å²) in [4.78, 5) is 26.8. The van der Waals surface area contributed by atoms with E-state index in [-0.39, 0.29) is 52.5 Å². The van der Waals surface area contributed by atoms with Crippen LogP contribution in [0.2, 0.25) is 0 Å². The zero-order valence-corrected chi connectivity index (χ0v) is 23.7. The van der Waals surface area contributed by atoms with Crippen molar-refractivity contribution in [1.82, 2.24) is 5.32 Å². The van der Waals surface area contributed by atoms with Gasteiger partial charge < -0.3 is 20.3 Å². The van der Waals surface area contributed by atoms with E-state index in [1.807, 2.05) is 13.0 Å². The number of aliphatic hydroxyl groups is 1. The summed E-state index contributed by atoms with van der Waals surface area (Å²) in [6, 6.07) is 6.18. The van der Waals surface area contributed by atoms with E-state index < -0.39 is 29.0 Å². The van der Waals surface area contributed by atoms with Gasteiger partial charge in [-0.05, 0) is 61.1 Å². The van der Waals surface area contributed by atoms with Gasteiger partial charge in [-0.25, -0.2) is 5.53 Å². The molecule has 4 N–H and O–H groups in total. The van der Waals surface area contributed by atoms with Crippen molar-refractivity contribution in [3.63, 3.8) is 0 Å². The van der Waals surface area contributed by atoms with Gasteiger partial charge >= 0.3 is 5.97 Å². The Bertz CT molecular complexity index is 1290. The smallest absolute Gasteiger partial charge is 0.325 e. The van der Waals surface area contributed by atoms with Crippen LogP contribution in [0.3, 0.4) is 0 Å². The van der Waals surface area contributed by atoms with Gasteiger partial charge in [0.1, 0.15) is 29.9 Å². The third-order valence-electron chi connectivity index (χ3n) is 10.6. The summed E-state index contributed by atoms with van der Waals surface area (Å²) < 4.78 is 6.19. The predicted octanol–water partition coefficient (Wildman–Crippen LogP) is 5.09. The topological polar surface area (TPSA) is 156 Å². The van der Waals surface area contributed by atoms with Gasteiger partial charge in [0.2, 0.25) is 0 Å². The van der Waals surface area contributed by atoms with E-state index in [2.05, 4.69) is 37.8 Å². The average molecular weight is 549 g/mol. The van der Waals surface area contributed by atoms with Gasteiger partial charge in [0.15, 0.2) is 0 Å². The van der Waals surface area contributed by atoms with Crippen LogP contribution in [0.1, 0.15) is 70.9 Å². The number of esters is 1. The molecular weight excluding hydrogens is 508 g/mol. The molecule has 8 atom stereocenters. The highest BCUT2D eigenvalue weighted by Crippen LogP contribution is 2.68. The number of phenolic OH excluding ortho intramolecular Hbond substituents is 1. The van der Waals surface area contributed by atoms with Crippen LogP contribution < -0.4 is 5.32 Å². The largest absolute Gasteiger partial charge is 0.507 e. The van der Waals surface area contributed by atoms with Crippen LogP contribution >= 0.6 is 0 Å². The Labute approximate surface area is 235 Å². The lowest BCUT2D eigenvalue weighted by molar-refractivity contribution is -0.206. The van der Waals surface area contributed by atoms with E-state index in [1.165, 1.54) is 24.4 Å². The van der Waals surface area contributed by atoms with Crippen LogP contribution in [0.25, 0.3) is 5.70 Å². The SMILES string of the molecule is C=C[C@]1(C)C[C@@H](OC(=O)CN/C=C(\N=N)c2cc(C#N)ccc2O)[C@]2(C)[C@H](C)CC[C@]3(CCC(=O)[C@H]32)[C@@H](C)[C@@H]1O. The third-order valence-corrected chi connectivity index (χ3v) is 10.6. The van der Waals surface area contributed by atoms with E-state index in [0.717, 1.165) is 19.3 Å². The number of benzene rings is 1. The van der Waals surface area contributed by atoms with Gasteiger partial charge in [0.05, 0.1) is 17.7 Å². The van der Waals surface area contributed by atoms with Crippen LogP contribution in [-0.4, -0.2) is 40.7 Å². The number of aliphatic hydroxyl groups excluding tert-OH is 1. The van der Waals surface area contributed by atoms with Crippen molar-refractivity contribution in [1.29, 1.82) is 10.8 Å². The molecule has 4 rings (SSSR count). The summed E-state index contributed by atoms with van der Waals surface area (Å²) in [7, 11) is 0. The van der Waals surface area contributed by atoms with Crippen LogP contribution in [-0.2, 0) is 14.3 Å². The standard InChI is InChI=1S/C31H40N4O5/c1-6-29(4)14-25(30(5)18(2)9-11-31(19(3)28(29)39)12-10-24(37)27(30)31)40-26(38)17-34-16-22(35-33)21-13-20(15-32)7-8-23(21)36/h6-8,13,16,18-19,25,27-28,33-34,36,39H,1,9-12,14,17H2,2-5H3/b22-16-,35-33?/t18-,19+,25-,27+,28+,29-,30+,31+/m1/s1. The van der Waals surface area contributed by atoms with Crippen LogP contribution in [0.15, 0.2) is 42.2 Å². The van der Waals surface area contributed by atoms with Crippen molar-refractivity contribution in [2.24, 2.45) is 39.1 Å². The summed E-state index contributed by atoms with van der Waals surface area (Å²) in [6.07, 6.45) is 5.00. The van der Waals surface area contributed by atoms with Crippen LogP contribution in [0.5, 0.6) is 5.75 Å². The van der Waals surface area contributed by atoms with Crippen molar-refractivity contribution in [3.8, 4) is 11.8 Å². The summed E-state index contributed by atoms with van der Waals surface area (Å²) in [6.45, 7) is 12.0. The number of ketones is 1. The number of carbonyl (C=O) groups excluding carboxylic acids is 2. The second kappa shape index (κ2) is 10.8. The predicted molar refractivity (Wildman–Crippen MR) is 149 cm³/mol. The van der Waals surface area contributed by atoms with E-state index >= 15 is 0 Å². The molecule has 0 heterocycles. The second-order valence-corrected chi connectivity index (χ2v) is 12.4. The number of rotatable bonds is 7. The first-order valence-electron chi connectivity index (χ1n) is 14.0. The van der Waals surface area contributed by atoms with E-state index in [0.29, 0.717) is 18.4 Å². The van der Waals surface area contributed by atoms with E-state index in [9.17, 15) is 19.8 Å². The zero-order valence-electron chi connectivity index (χ0n) is 23.7. The van der Waals surface area contributed by atoms with E-state index in [4.69, 9.17) is 15.5 Å². The molecule has 0 unspecified atom stereocenters. The summed E-state index contributed by atoms with van der Waals surface area (Å²) in [5, 5.41) is 37.2. The number of aromatic hydroxyl groups is 1. The Kier molecular flexibility index (Phi) is 7.97. The molecule has 3 aliphatic rings. The molecular formula is C31H40N4O5. The third kappa shape index (κ3) is 4.62. The molecule has 3 saturated carbocycles. The summed E-state index contributed by atoms with van der Waals surface area (Å²) in [5.41, 5.74) is 6.34. The molecule has 9 nitrogen and oxygen atoms in total. The van der Waals surface area contributed by atoms with Gasteiger partial charge in [-0.1, -0.05) is 33.8 Å². The number of ether oxygens (including phenoxy) is 1. The lowest BCUT2D eigenvalue weighted by Crippen LogP contribution is -2.63. The molecule has 214 valence electrons. The number of hydrogen-bond donors (Lipinski definition) is 4. The zero-order chi connectivity index (χ0) is 29.5. The van der Waals surface area contributed by atoms with E-state index in [1.54, 1.807) is 6.08 Å². The van der Waals surface area contributed by atoms with Crippen molar-refractivity contribution in [2.75, 3.05) is 6.54 Å². The van der Waals surface area contributed by atoms with Crippen molar-refractivity contribution < 1.29 is 24.5 Å². The molecule has 0 amide bonds. The molecule has 9 heteroatoms. The number of nitrogens with zero attached hydrogens (tertiary/aromatic N) is 2. The molecule has 1 aromatic rings. The Morgan fingerprint density at radius 2 is 2.08 bits per heavy atom. The highest BCUT2D eigenvalue weighted by molar-refractivity contribution is 5.85. The maximum absolute atomic E-state index is 13.5. The van der Waals surface area contributed by atoms with Crippen molar-refractivity contribution in [3.05, 3.63) is 48.2 Å². The molecule has 2 bridgehead atoms. The monoisotopic (exact) mass is 548 g/mol. The minimum atomic E-state index is -0.739. The Hall–Kier alpha value is -3.51. The number of nitrogens with one attached hydrogen (secondary N) is 2. The average Bonchev–Trinajstić information content (AvgIpc) is 3.30. The fourth-order valence-corrected chi connectivity index (χ4v) is 7.91. The molecule has 0 aromatic heterocycles. The molecule has 0 spiro atoms. The van der Waals surface area contributed by atoms with Gasteiger partial charge in [-0.15, -0.1) is 6.58 Å². The lowest BCUT2D eigenvalue weighted by atomic mass is 9.44. The number of carbonyl (C=O) groups is 2. The Morgan fingerprint density at radius 1 is 1.35 bits per heavy atom. The van der Waals surface area contributed by atoms with Gasteiger partial charge in [-0.3, -0.25) is 9.59 Å². The summed E-state index contributed by atoms with van der Waals surface area (Å²) >= 11 is 0. The molecule has 3 fully saturated rings. The minimum absolute atomic E-state index is 0.0406. The second-order valence-electron chi connectivity index (χ2n) is 12.4. The Balaban J connectivity index is 1.62. The lowest BCUT2D eigenvalue weighted by Gasteiger charge is -2.61. The van der Waals surface area contributed by atoms with Crippen molar-refractivity contribution in [2.45, 2.75) is 72.0 Å². The fraction of sp³-hybridized carbons (Fsp3) is 0.581. The van der Waals surface area contributed by atoms with Gasteiger partial charge in [0.25, 0.3) is 0 Å².